The van der Waals surface area contributed by atoms with E-state index in [-0.39, 0.29) is 6.04 Å². The third-order valence-electron chi connectivity index (χ3n) is 2.97. The van der Waals surface area contributed by atoms with Crippen LogP contribution in [0, 0.1) is 6.92 Å². The van der Waals surface area contributed by atoms with E-state index >= 15 is 0 Å². The second kappa shape index (κ2) is 5.32. The Morgan fingerprint density at radius 3 is 2.56 bits per heavy atom. The molecule has 0 spiro atoms. The van der Waals surface area contributed by atoms with Gasteiger partial charge in [-0.15, -0.1) is 11.3 Å². The lowest BCUT2D eigenvalue weighted by atomic mass is 10.1. The van der Waals surface area contributed by atoms with Crippen LogP contribution in [-0.4, -0.2) is 37.9 Å². The molecule has 0 atom stereocenters. The Labute approximate surface area is 110 Å². The third kappa shape index (κ3) is 2.70. The Hall–Kier alpha value is -1.01. The normalized spacial score (nSPS) is 18.5. The maximum atomic E-state index is 12.3. The number of isocyanates is 1. The summed E-state index contributed by atoms with van der Waals surface area (Å²) >= 11 is 1.28. The molecule has 98 valence electrons. The number of aliphatic imine (C=N–C) groups is 1. The highest BCUT2D eigenvalue weighted by atomic mass is 32.2. The molecular formula is C11H14N2O3S2. The van der Waals surface area contributed by atoms with E-state index in [2.05, 4.69) is 4.99 Å². The fourth-order valence-corrected chi connectivity index (χ4v) is 4.87. The average Bonchev–Trinajstić information content (AvgIpc) is 2.78. The van der Waals surface area contributed by atoms with Crippen LogP contribution in [0.3, 0.4) is 0 Å². The molecule has 18 heavy (non-hydrogen) atoms. The number of rotatable bonds is 3. The Kier molecular flexibility index (Phi) is 3.97. The number of hydrogen-bond donors (Lipinski definition) is 0. The summed E-state index contributed by atoms with van der Waals surface area (Å²) in [5, 5.41) is 0. The first-order valence-corrected chi connectivity index (χ1v) is 7.93. The largest absolute Gasteiger partial charge is 0.252 e. The first-order valence-electron chi connectivity index (χ1n) is 5.67. The molecule has 0 N–H and O–H groups in total. The van der Waals surface area contributed by atoms with E-state index in [1.54, 1.807) is 12.1 Å². The summed E-state index contributed by atoms with van der Waals surface area (Å²) in [6, 6.07) is 3.37. The van der Waals surface area contributed by atoms with Gasteiger partial charge in [0.15, 0.2) is 0 Å². The van der Waals surface area contributed by atoms with Crippen molar-refractivity contribution in [1.29, 1.82) is 0 Å². The Morgan fingerprint density at radius 2 is 2.06 bits per heavy atom. The van der Waals surface area contributed by atoms with Gasteiger partial charge >= 0.3 is 0 Å². The van der Waals surface area contributed by atoms with Gasteiger partial charge in [0.25, 0.3) is 10.0 Å². The van der Waals surface area contributed by atoms with Crippen molar-refractivity contribution >= 4 is 27.4 Å². The summed E-state index contributed by atoms with van der Waals surface area (Å²) in [5.41, 5.74) is 0. The van der Waals surface area contributed by atoms with Gasteiger partial charge in [-0.05, 0) is 31.9 Å². The topological polar surface area (TPSA) is 66.8 Å². The molecule has 1 aromatic heterocycles. The quantitative estimate of drug-likeness (QED) is 0.625. The smallest absolute Gasteiger partial charge is 0.211 e. The zero-order valence-corrected chi connectivity index (χ0v) is 11.6. The summed E-state index contributed by atoms with van der Waals surface area (Å²) in [6.45, 7) is 2.71. The Bertz CT molecular complexity index is 565. The minimum atomic E-state index is -3.37. The van der Waals surface area contributed by atoms with Crippen molar-refractivity contribution in [2.24, 2.45) is 4.99 Å². The van der Waals surface area contributed by atoms with Crippen molar-refractivity contribution in [3.63, 3.8) is 0 Å². The first kappa shape index (κ1) is 13.4. The molecule has 0 saturated carbocycles. The van der Waals surface area contributed by atoms with Crippen LogP contribution in [0.15, 0.2) is 21.3 Å². The number of aryl methyl sites for hydroxylation is 1. The average molecular weight is 286 g/mol. The van der Waals surface area contributed by atoms with Gasteiger partial charge in [-0.1, -0.05) is 0 Å². The predicted octanol–water partition coefficient (Wildman–Crippen LogP) is 1.55. The molecule has 1 fully saturated rings. The van der Waals surface area contributed by atoms with Gasteiger partial charge in [0.2, 0.25) is 6.08 Å². The number of hydrogen-bond acceptors (Lipinski definition) is 5. The predicted molar refractivity (Wildman–Crippen MR) is 69.0 cm³/mol. The van der Waals surface area contributed by atoms with E-state index in [1.807, 2.05) is 6.92 Å². The number of thiophene rings is 1. The molecule has 2 rings (SSSR count). The number of sulfonamides is 1. The fraction of sp³-hybridized carbons (Fsp3) is 0.545. The van der Waals surface area contributed by atoms with E-state index < -0.39 is 10.0 Å². The van der Waals surface area contributed by atoms with Gasteiger partial charge < -0.3 is 0 Å². The highest BCUT2D eigenvalue weighted by Gasteiger charge is 2.30. The molecule has 5 nitrogen and oxygen atoms in total. The molecule has 0 radical (unpaired) electrons. The van der Waals surface area contributed by atoms with Crippen LogP contribution in [0.25, 0.3) is 0 Å². The van der Waals surface area contributed by atoms with E-state index in [1.165, 1.54) is 21.7 Å². The first-order chi connectivity index (χ1) is 8.54. The van der Waals surface area contributed by atoms with Crippen molar-refractivity contribution < 1.29 is 13.2 Å². The molecule has 1 aromatic rings. The van der Waals surface area contributed by atoms with Crippen LogP contribution in [0.5, 0.6) is 0 Å². The molecule has 0 aromatic carbocycles. The van der Waals surface area contributed by atoms with Gasteiger partial charge in [0.05, 0.1) is 6.04 Å². The maximum absolute atomic E-state index is 12.3. The van der Waals surface area contributed by atoms with Gasteiger partial charge in [0.1, 0.15) is 4.21 Å². The maximum Gasteiger partial charge on any atom is 0.252 e. The van der Waals surface area contributed by atoms with Crippen molar-refractivity contribution in [2.75, 3.05) is 13.1 Å². The Morgan fingerprint density at radius 1 is 1.39 bits per heavy atom. The summed E-state index contributed by atoms with van der Waals surface area (Å²) in [6.07, 6.45) is 2.70. The lowest BCUT2D eigenvalue weighted by Crippen LogP contribution is -2.39. The lowest BCUT2D eigenvalue weighted by molar-refractivity contribution is 0.321. The van der Waals surface area contributed by atoms with E-state index in [9.17, 15) is 13.2 Å². The van der Waals surface area contributed by atoms with Crippen molar-refractivity contribution in [3.05, 3.63) is 17.0 Å². The molecule has 1 aliphatic heterocycles. The minimum Gasteiger partial charge on any atom is -0.211 e. The zero-order valence-electron chi connectivity index (χ0n) is 10.00. The van der Waals surface area contributed by atoms with Crippen LogP contribution >= 0.6 is 11.3 Å². The summed E-state index contributed by atoms with van der Waals surface area (Å²) in [7, 11) is -3.37. The van der Waals surface area contributed by atoms with Crippen LogP contribution in [0.4, 0.5) is 0 Å². The summed E-state index contributed by atoms with van der Waals surface area (Å²) in [5.74, 6) is 0. The zero-order chi connectivity index (χ0) is 13.2. The minimum absolute atomic E-state index is 0.0842. The second-order valence-corrected chi connectivity index (χ2v) is 7.67. The molecule has 1 aliphatic rings. The van der Waals surface area contributed by atoms with Gasteiger partial charge in [0, 0.05) is 18.0 Å². The van der Waals surface area contributed by atoms with Gasteiger partial charge in [-0.3, -0.25) is 0 Å². The van der Waals surface area contributed by atoms with E-state index in [0.717, 1.165) is 4.88 Å². The molecule has 7 heteroatoms. The molecule has 0 amide bonds. The van der Waals surface area contributed by atoms with Crippen molar-refractivity contribution in [1.82, 2.24) is 4.31 Å². The van der Waals surface area contributed by atoms with Crippen molar-refractivity contribution in [3.8, 4) is 0 Å². The fourth-order valence-electron chi connectivity index (χ4n) is 1.96. The molecule has 2 heterocycles. The standard InChI is InChI=1S/C11H14N2O3S2/c1-9-2-3-11(17-9)18(15,16)13-6-4-10(5-7-13)12-8-14/h2-3,10H,4-7H2,1H3. The summed E-state index contributed by atoms with van der Waals surface area (Å²) in [4.78, 5) is 14.8. The molecule has 0 unspecified atom stereocenters. The Balaban J connectivity index is 2.11. The van der Waals surface area contributed by atoms with Crippen molar-refractivity contribution in [2.45, 2.75) is 30.0 Å². The SMILES string of the molecule is Cc1ccc(S(=O)(=O)N2CCC(N=C=O)CC2)s1. The highest BCUT2D eigenvalue weighted by molar-refractivity contribution is 7.91. The molecule has 0 bridgehead atoms. The van der Waals surface area contributed by atoms with Crippen LogP contribution < -0.4 is 0 Å². The third-order valence-corrected chi connectivity index (χ3v) is 6.34. The lowest BCUT2D eigenvalue weighted by Gasteiger charge is -2.28. The van der Waals surface area contributed by atoms with Crippen LogP contribution in [0.1, 0.15) is 17.7 Å². The second-order valence-electron chi connectivity index (χ2n) is 4.22. The van der Waals surface area contributed by atoms with Crippen LogP contribution in [-0.2, 0) is 14.8 Å². The van der Waals surface area contributed by atoms with E-state index in [0.29, 0.717) is 30.1 Å². The highest BCUT2D eigenvalue weighted by Crippen LogP contribution is 2.26. The molecular weight excluding hydrogens is 272 g/mol. The number of carbonyl (C=O) groups excluding carboxylic acids is 1. The van der Waals surface area contributed by atoms with Crippen LogP contribution in [0.2, 0.25) is 0 Å². The molecule has 0 aliphatic carbocycles. The van der Waals surface area contributed by atoms with Gasteiger partial charge in [-0.25, -0.2) is 18.2 Å². The molecule has 1 saturated heterocycles. The monoisotopic (exact) mass is 286 g/mol. The number of nitrogens with zero attached hydrogens (tertiary/aromatic N) is 2. The van der Waals surface area contributed by atoms with Gasteiger partial charge in [-0.2, -0.15) is 4.31 Å². The summed E-state index contributed by atoms with van der Waals surface area (Å²) < 4.78 is 26.4. The number of piperidine rings is 1. The van der Waals surface area contributed by atoms with E-state index in [4.69, 9.17) is 0 Å².